The van der Waals surface area contributed by atoms with Gasteiger partial charge in [-0.3, -0.25) is 4.90 Å². The predicted molar refractivity (Wildman–Crippen MR) is 75.0 cm³/mol. The third kappa shape index (κ3) is 4.69. The van der Waals surface area contributed by atoms with Crippen LogP contribution in [0, 0.1) is 18.3 Å². The van der Waals surface area contributed by atoms with Crippen molar-refractivity contribution in [1.29, 1.82) is 0 Å². The molecule has 2 heteroatoms. The Morgan fingerprint density at radius 1 is 1.47 bits per heavy atom. The predicted octanol–water partition coefficient (Wildman–Crippen LogP) is 2.50. The lowest BCUT2D eigenvalue weighted by Gasteiger charge is -2.41. The zero-order chi connectivity index (χ0) is 12.7. The molecule has 2 nitrogen and oxygen atoms in total. The summed E-state index contributed by atoms with van der Waals surface area (Å²) in [4.78, 5) is 2.63. The largest absolute Gasteiger partial charge is 0.311 e. The molecule has 3 unspecified atom stereocenters. The average Bonchev–Trinajstić information content (AvgIpc) is 2.35. The van der Waals surface area contributed by atoms with E-state index in [4.69, 9.17) is 6.42 Å². The fourth-order valence-electron chi connectivity index (χ4n) is 2.47. The van der Waals surface area contributed by atoms with Crippen LogP contribution in [0.2, 0.25) is 0 Å². The van der Waals surface area contributed by atoms with Crippen molar-refractivity contribution in [3.05, 3.63) is 0 Å². The summed E-state index contributed by atoms with van der Waals surface area (Å²) in [6.45, 7) is 10.5. The smallest absolute Gasteiger partial charge is 0.0221 e. The van der Waals surface area contributed by atoms with E-state index in [1.165, 1.54) is 32.4 Å². The molecule has 1 fully saturated rings. The summed E-state index contributed by atoms with van der Waals surface area (Å²) in [7, 11) is 0. The van der Waals surface area contributed by atoms with Crippen molar-refractivity contribution in [1.82, 2.24) is 10.2 Å². The van der Waals surface area contributed by atoms with Gasteiger partial charge in [0.25, 0.3) is 0 Å². The molecule has 0 bridgehead atoms. The van der Waals surface area contributed by atoms with E-state index in [9.17, 15) is 0 Å². The van der Waals surface area contributed by atoms with Crippen LogP contribution in [0.4, 0.5) is 0 Å². The molecule has 1 aliphatic rings. The van der Waals surface area contributed by atoms with Gasteiger partial charge in [-0.1, -0.05) is 20.3 Å². The molecule has 0 aromatic heterocycles. The molecule has 3 atom stereocenters. The van der Waals surface area contributed by atoms with Gasteiger partial charge < -0.3 is 5.32 Å². The molecular formula is C15H28N2. The molecule has 1 N–H and O–H groups in total. The van der Waals surface area contributed by atoms with Crippen molar-refractivity contribution in [2.75, 3.05) is 19.6 Å². The minimum absolute atomic E-state index is 0.668. The molecule has 0 aromatic carbocycles. The molecule has 98 valence electrons. The van der Waals surface area contributed by atoms with Gasteiger partial charge in [-0.15, -0.1) is 12.3 Å². The Labute approximate surface area is 107 Å². The Hall–Kier alpha value is -0.520. The van der Waals surface area contributed by atoms with Crippen molar-refractivity contribution in [2.24, 2.45) is 5.92 Å². The number of rotatable bonds is 6. The molecule has 0 amide bonds. The highest BCUT2D eigenvalue weighted by Gasteiger charge is 2.26. The first-order chi connectivity index (χ1) is 8.19. The van der Waals surface area contributed by atoms with Crippen molar-refractivity contribution in [2.45, 2.75) is 58.5 Å². The van der Waals surface area contributed by atoms with E-state index in [1.807, 2.05) is 0 Å². The SMILES string of the molecule is C#CCCCCN1CC(C(C)CC)NCC1C. The number of hydrogen-bond donors (Lipinski definition) is 1. The summed E-state index contributed by atoms with van der Waals surface area (Å²) in [6.07, 6.45) is 9.87. The summed E-state index contributed by atoms with van der Waals surface area (Å²) in [6, 6.07) is 1.34. The normalized spacial score (nSPS) is 27.6. The maximum atomic E-state index is 5.28. The molecule has 0 spiro atoms. The fourth-order valence-corrected chi connectivity index (χ4v) is 2.47. The standard InChI is InChI=1S/C15H28N2/c1-5-7-8-9-10-17-12-15(13(3)6-2)16-11-14(17)4/h1,13-16H,6-12H2,2-4H3. The van der Waals surface area contributed by atoms with Gasteiger partial charge in [-0.05, 0) is 32.2 Å². The molecule has 0 radical (unpaired) electrons. The lowest BCUT2D eigenvalue weighted by Crippen LogP contribution is -2.57. The Balaban J connectivity index is 2.33. The van der Waals surface area contributed by atoms with Crippen LogP contribution in [-0.4, -0.2) is 36.6 Å². The van der Waals surface area contributed by atoms with Gasteiger partial charge in [-0.25, -0.2) is 0 Å². The zero-order valence-corrected chi connectivity index (χ0v) is 11.7. The molecular weight excluding hydrogens is 208 g/mol. The summed E-state index contributed by atoms with van der Waals surface area (Å²) in [5.41, 5.74) is 0. The molecule has 17 heavy (non-hydrogen) atoms. The number of unbranched alkanes of at least 4 members (excludes halogenated alkanes) is 2. The van der Waals surface area contributed by atoms with Gasteiger partial charge in [0.15, 0.2) is 0 Å². The van der Waals surface area contributed by atoms with Crippen molar-refractivity contribution >= 4 is 0 Å². The first kappa shape index (κ1) is 14.5. The molecule has 0 aliphatic carbocycles. The monoisotopic (exact) mass is 236 g/mol. The third-order valence-corrected chi connectivity index (χ3v) is 4.08. The lowest BCUT2D eigenvalue weighted by molar-refractivity contribution is 0.117. The van der Waals surface area contributed by atoms with E-state index in [0.717, 1.165) is 18.9 Å². The van der Waals surface area contributed by atoms with Gasteiger partial charge >= 0.3 is 0 Å². The topological polar surface area (TPSA) is 15.3 Å². The highest BCUT2D eigenvalue weighted by atomic mass is 15.2. The van der Waals surface area contributed by atoms with Crippen molar-refractivity contribution in [3.8, 4) is 12.3 Å². The Morgan fingerprint density at radius 2 is 2.24 bits per heavy atom. The minimum atomic E-state index is 0.668. The van der Waals surface area contributed by atoms with E-state index < -0.39 is 0 Å². The van der Waals surface area contributed by atoms with Crippen molar-refractivity contribution in [3.63, 3.8) is 0 Å². The van der Waals surface area contributed by atoms with Crippen LogP contribution in [0.1, 0.15) is 46.5 Å². The van der Waals surface area contributed by atoms with Gasteiger partial charge in [0, 0.05) is 31.6 Å². The van der Waals surface area contributed by atoms with Crippen LogP contribution in [0.15, 0.2) is 0 Å². The Morgan fingerprint density at radius 3 is 2.88 bits per heavy atom. The molecule has 0 aromatic rings. The summed E-state index contributed by atoms with van der Waals surface area (Å²) in [5.74, 6) is 3.50. The van der Waals surface area contributed by atoms with Gasteiger partial charge in [0.2, 0.25) is 0 Å². The quantitative estimate of drug-likeness (QED) is 0.563. The van der Waals surface area contributed by atoms with E-state index in [1.54, 1.807) is 0 Å². The fraction of sp³-hybridized carbons (Fsp3) is 0.867. The van der Waals surface area contributed by atoms with Crippen LogP contribution < -0.4 is 5.32 Å². The maximum Gasteiger partial charge on any atom is 0.0221 e. The van der Waals surface area contributed by atoms with E-state index in [0.29, 0.717) is 12.1 Å². The molecule has 1 rings (SSSR count). The highest BCUT2D eigenvalue weighted by molar-refractivity contribution is 4.87. The first-order valence-corrected chi connectivity index (χ1v) is 7.09. The number of nitrogens with zero attached hydrogens (tertiary/aromatic N) is 1. The Kier molecular flexibility index (Phi) is 6.62. The van der Waals surface area contributed by atoms with E-state index >= 15 is 0 Å². The number of terminal acetylenes is 1. The second-order valence-corrected chi connectivity index (χ2v) is 5.41. The minimum Gasteiger partial charge on any atom is -0.311 e. The maximum absolute atomic E-state index is 5.28. The van der Waals surface area contributed by atoms with E-state index in [-0.39, 0.29) is 0 Å². The van der Waals surface area contributed by atoms with Crippen LogP contribution >= 0.6 is 0 Å². The second kappa shape index (κ2) is 7.74. The molecule has 1 saturated heterocycles. The molecule has 0 saturated carbocycles. The van der Waals surface area contributed by atoms with Crippen LogP contribution in [-0.2, 0) is 0 Å². The van der Waals surface area contributed by atoms with Crippen LogP contribution in [0.3, 0.4) is 0 Å². The van der Waals surface area contributed by atoms with Gasteiger partial charge in [-0.2, -0.15) is 0 Å². The first-order valence-electron chi connectivity index (χ1n) is 7.09. The molecule has 1 heterocycles. The highest BCUT2D eigenvalue weighted by Crippen LogP contribution is 2.16. The summed E-state index contributed by atoms with van der Waals surface area (Å²) < 4.78 is 0. The number of piperazine rings is 1. The van der Waals surface area contributed by atoms with E-state index in [2.05, 4.69) is 36.9 Å². The summed E-state index contributed by atoms with van der Waals surface area (Å²) >= 11 is 0. The number of hydrogen-bond acceptors (Lipinski definition) is 2. The third-order valence-electron chi connectivity index (χ3n) is 4.08. The lowest BCUT2D eigenvalue weighted by atomic mass is 9.95. The summed E-state index contributed by atoms with van der Waals surface area (Å²) in [5, 5.41) is 3.68. The van der Waals surface area contributed by atoms with Gasteiger partial charge in [0.05, 0.1) is 0 Å². The van der Waals surface area contributed by atoms with Gasteiger partial charge in [0.1, 0.15) is 0 Å². The van der Waals surface area contributed by atoms with Crippen LogP contribution in [0.5, 0.6) is 0 Å². The zero-order valence-electron chi connectivity index (χ0n) is 11.7. The van der Waals surface area contributed by atoms with Crippen LogP contribution in [0.25, 0.3) is 0 Å². The molecule has 1 aliphatic heterocycles. The second-order valence-electron chi connectivity index (χ2n) is 5.41. The Bertz CT molecular complexity index is 244. The average molecular weight is 236 g/mol. The number of nitrogens with one attached hydrogen (secondary N) is 1. The van der Waals surface area contributed by atoms with Crippen molar-refractivity contribution < 1.29 is 0 Å².